The summed E-state index contributed by atoms with van der Waals surface area (Å²) in [6.45, 7) is 1.82. The van der Waals surface area contributed by atoms with Gasteiger partial charge in [0, 0.05) is 17.0 Å². The molecule has 20 heavy (non-hydrogen) atoms. The number of Topliss-reactive ketones (excluding diaryl/α,β-unsaturated/α-hetero) is 1. The third-order valence-electron chi connectivity index (χ3n) is 3.69. The molecule has 2 rings (SSSR count). The molecular formula is C15H20N2O2S. The Morgan fingerprint density at radius 3 is 2.65 bits per heavy atom. The van der Waals surface area contributed by atoms with Crippen LogP contribution in [0.5, 0.6) is 0 Å². The van der Waals surface area contributed by atoms with Crippen molar-refractivity contribution in [2.45, 2.75) is 17.7 Å². The molecule has 0 radical (unpaired) electrons. The highest BCUT2D eigenvalue weighted by Gasteiger charge is 2.25. The number of benzene rings is 1. The van der Waals surface area contributed by atoms with Crippen LogP contribution in [0.3, 0.4) is 0 Å². The van der Waals surface area contributed by atoms with E-state index in [2.05, 4.69) is 0 Å². The molecule has 1 aliphatic rings. The van der Waals surface area contributed by atoms with Crippen LogP contribution in [0.2, 0.25) is 0 Å². The zero-order valence-electron chi connectivity index (χ0n) is 11.7. The molecule has 1 aromatic rings. The molecule has 0 spiro atoms. The minimum atomic E-state index is -0.258. The van der Waals surface area contributed by atoms with Crippen LogP contribution in [0.1, 0.15) is 23.2 Å². The first-order chi connectivity index (χ1) is 9.60. The summed E-state index contributed by atoms with van der Waals surface area (Å²) in [5.41, 5.74) is 6.08. The molecule has 1 unspecified atom stereocenters. The number of amides is 1. The van der Waals surface area contributed by atoms with E-state index in [9.17, 15) is 9.59 Å². The van der Waals surface area contributed by atoms with Gasteiger partial charge < -0.3 is 5.73 Å². The third kappa shape index (κ3) is 3.84. The number of carbonyl (C=O) groups excluding carboxylic acids is 2. The number of carbonyl (C=O) groups is 2. The van der Waals surface area contributed by atoms with Crippen molar-refractivity contribution in [1.82, 2.24) is 4.90 Å². The second-order valence-electron chi connectivity index (χ2n) is 5.13. The van der Waals surface area contributed by atoms with Crippen LogP contribution in [-0.2, 0) is 4.79 Å². The second kappa shape index (κ2) is 6.90. The topological polar surface area (TPSA) is 63.4 Å². The van der Waals surface area contributed by atoms with Crippen LogP contribution in [0.15, 0.2) is 29.2 Å². The number of rotatable bonds is 5. The number of ketones is 1. The van der Waals surface area contributed by atoms with Gasteiger partial charge in [0.05, 0.1) is 12.5 Å². The van der Waals surface area contributed by atoms with Gasteiger partial charge in [-0.25, -0.2) is 0 Å². The van der Waals surface area contributed by atoms with Gasteiger partial charge in [0.2, 0.25) is 5.91 Å². The maximum absolute atomic E-state index is 12.2. The number of hydrogen-bond donors (Lipinski definition) is 1. The highest BCUT2D eigenvalue weighted by atomic mass is 32.2. The molecule has 0 bridgehead atoms. The SMILES string of the molecule is CSc1ccc(C(=O)CN2CCCC(C(N)=O)C2)cc1. The summed E-state index contributed by atoms with van der Waals surface area (Å²) < 4.78 is 0. The van der Waals surface area contributed by atoms with E-state index in [0.29, 0.717) is 13.1 Å². The van der Waals surface area contributed by atoms with Gasteiger partial charge in [-0.1, -0.05) is 12.1 Å². The number of hydrogen-bond acceptors (Lipinski definition) is 4. The van der Waals surface area contributed by atoms with E-state index in [1.54, 1.807) is 11.8 Å². The predicted octanol–water partition coefficient (Wildman–Crippen LogP) is 1.79. The smallest absolute Gasteiger partial charge is 0.221 e. The Morgan fingerprint density at radius 2 is 2.05 bits per heavy atom. The van der Waals surface area contributed by atoms with Crippen LogP contribution in [0.4, 0.5) is 0 Å². The van der Waals surface area contributed by atoms with Crippen molar-refractivity contribution in [1.29, 1.82) is 0 Å². The highest BCUT2D eigenvalue weighted by molar-refractivity contribution is 7.98. The van der Waals surface area contributed by atoms with Crippen molar-refractivity contribution < 1.29 is 9.59 Å². The quantitative estimate of drug-likeness (QED) is 0.664. The summed E-state index contributed by atoms with van der Waals surface area (Å²) in [4.78, 5) is 26.6. The lowest BCUT2D eigenvalue weighted by molar-refractivity contribution is -0.123. The van der Waals surface area contributed by atoms with Crippen LogP contribution in [0.25, 0.3) is 0 Å². The molecule has 0 aromatic heterocycles. The Kier molecular flexibility index (Phi) is 5.20. The minimum absolute atomic E-state index is 0.0998. The summed E-state index contributed by atoms with van der Waals surface area (Å²) in [5, 5.41) is 0. The van der Waals surface area contributed by atoms with E-state index in [4.69, 9.17) is 5.73 Å². The van der Waals surface area contributed by atoms with E-state index in [0.717, 1.165) is 29.8 Å². The second-order valence-corrected chi connectivity index (χ2v) is 6.01. The van der Waals surface area contributed by atoms with Crippen molar-refractivity contribution in [3.8, 4) is 0 Å². The maximum Gasteiger partial charge on any atom is 0.221 e. The van der Waals surface area contributed by atoms with E-state index in [-0.39, 0.29) is 17.6 Å². The Morgan fingerprint density at radius 1 is 1.35 bits per heavy atom. The minimum Gasteiger partial charge on any atom is -0.369 e. The third-order valence-corrected chi connectivity index (χ3v) is 4.43. The number of nitrogens with two attached hydrogens (primary N) is 1. The fourth-order valence-corrected chi connectivity index (χ4v) is 2.91. The summed E-state index contributed by atoms with van der Waals surface area (Å²) in [5.74, 6) is -0.273. The normalized spacial score (nSPS) is 19.8. The van der Waals surface area contributed by atoms with Crippen molar-refractivity contribution in [2.24, 2.45) is 11.7 Å². The number of nitrogens with zero attached hydrogens (tertiary/aromatic N) is 1. The number of thioether (sulfide) groups is 1. The van der Waals surface area contributed by atoms with Crippen LogP contribution >= 0.6 is 11.8 Å². The Bertz CT molecular complexity index is 487. The molecule has 1 atom stereocenters. The molecular weight excluding hydrogens is 272 g/mol. The average Bonchev–Trinajstić information content (AvgIpc) is 2.47. The van der Waals surface area contributed by atoms with Gasteiger partial charge in [0.1, 0.15) is 0 Å². The van der Waals surface area contributed by atoms with Crippen LogP contribution in [0, 0.1) is 5.92 Å². The summed E-state index contributed by atoms with van der Waals surface area (Å²) in [7, 11) is 0. The monoisotopic (exact) mass is 292 g/mol. The first-order valence-electron chi connectivity index (χ1n) is 6.79. The van der Waals surface area contributed by atoms with Crippen molar-refractivity contribution >= 4 is 23.5 Å². The molecule has 1 amide bonds. The van der Waals surface area contributed by atoms with Gasteiger partial charge >= 0.3 is 0 Å². The molecule has 5 heteroatoms. The van der Waals surface area contributed by atoms with Crippen molar-refractivity contribution in [3.05, 3.63) is 29.8 Å². The first kappa shape index (κ1) is 15.1. The Labute approximate surface area is 123 Å². The largest absolute Gasteiger partial charge is 0.369 e. The number of piperidine rings is 1. The Hall–Kier alpha value is -1.33. The van der Waals surface area contributed by atoms with Gasteiger partial charge in [-0.3, -0.25) is 14.5 Å². The predicted molar refractivity (Wildman–Crippen MR) is 80.9 cm³/mol. The lowest BCUT2D eigenvalue weighted by Crippen LogP contribution is -2.43. The maximum atomic E-state index is 12.2. The fourth-order valence-electron chi connectivity index (χ4n) is 2.50. The van der Waals surface area contributed by atoms with Crippen LogP contribution in [-0.4, -0.2) is 42.5 Å². The summed E-state index contributed by atoms with van der Waals surface area (Å²) in [6.07, 6.45) is 3.77. The van der Waals surface area contributed by atoms with Gasteiger partial charge in [-0.05, 0) is 37.8 Å². The van der Waals surface area contributed by atoms with E-state index in [1.807, 2.05) is 35.4 Å². The lowest BCUT2D eigenvalue weighted by Gasteiger charge is -2.30. The van der Waals surface area contributed by atoms with Gasteiger partial charge in [-0.2, -0.15) is 0 Å². The zero-order chi connectivity index (χ0) is 14.5. The molecule has 2 N–H and O–H groups in total. The van der Waals surface area contributed by atoms with Gasteiger partial charge in [0.15, 0.2) is 5.78 Å². The van der Waals surface area contributed by atoms with Gasteiger partial charge in [-0.15, -0.1) is 11.8 Å². The lowest BCUT2D eigenvalue weighted by atomic mass is 9.97. The fraction of sp³-hybridized carbons (Fsp3) is 0.467. The van der Waals surface area contributed by atoms with Crippen molar-refractivity contribution in [2.75, 3.05) is 25.9 Å². The summed E-state index contributed by atoms with van der Waals surface area (Å²) in [6, 6.07) is 7.65. The zero-order valence-corrected chi connectivity index (χ0v) is 12.5. The molecule has 1 fully saturated rings. The molecule has 108 valence electrons. The van der Waals surface area contributed by atoms with Gasteiger partial charge in [0.25, 0.3) is 0 Å². The number of primary amides is 1. The van der Waals surface area contributed by atoms with E-state index < -0.39 is 0 Å². The highest BCUT2D eigenvalue weighted by Crippen LogP contribution is 2.18. The van der Waals surface area contributed by atoms with Crippen molar-refractivity contribution in [3.63, 3.8) is 0 Å². The summed E-state index contributed by atoms with van der Waals surface area (Å²) >= 11 is 1.66. The van der Waals surface area contributed by atoms with E-state index in [1.165, 1.54) is 0 Å². The standard InChI is InChI=1S/C15H20N2O2S/c1-20-13-6-4-11(5-7-13)14(18)10-17-8-2-3-12(9-17)15(16)19/h4-7,12H,2-3,8-10H2,1H3,(H2,16,19). The first-order valence-corrected chi connectivity index (χ1v) is 8.01. The molecule has 0 saturated carbocycles. The molecule has 1 aliphatic heterocycles. The average molecular weight is 292 g/mol. The molecule has 4 nitrogen and oxygen atoms in total. The molecule has 0 aliphatic carbocycles. The van der Waals surface area contributed by atoms with Crippen LogP contribution < -0.4 is 5.73 Å². The number of likely N-dealkylation sites (tertiary alicyclic amines) is 1. The van der Waals surface area contributed by atoms with E-state index >= 15 is 0 Å². The molecule has 1 heterocycles. The Balaban J connectivity index is 1.94. The molecule has 1 aromatic carbocycles. The molecule has 1 saturated heterocycles.